The molecule has 6 nitrogen and oxygen atoms in total. The molecule has 4 N–H and O–H groups in total. The summed E-state index contributed by atoms with van der Waals surface area (Å²) in [4.78, 5) is 4.32. The summed E-state index contributed by atoms with van der Waals surface area (Å²) < 4.78 is 23.4. The number of hydrogen-bond acceptors (Lipinski definition) is 5. The molecule has 0 aromatic heterocycles. The second kappa shape index (κ2) is 5.95. The van der Waals surface area contributed by atoms with Crippen molar-refractivity contribution in [1.29, 1.82) is 0 Å². The van der Waals surface area contributed by atoms with Gasteiger partial charge in [-0.3, -0.25) is 4.99 Å². The van der Waals surface area contributed by atoms with Gasteiger partial charge in [-0.15, -0.1) is 0 Å². The Kier molecular flexibility index (Phi) is 3.96. The number of phenolic OH excluding ortho intramolecular Hbond substituents is 2. The fraction of sp³-hybridized carbons (Fsp3) is 0. The number of fused-ring (bicyclic) bond motifs is 1. The van der Waals surface area contributed by atoms with E-state index in [1.165, 1.54) is 18.3 Å². The molecule has 122 valence electrons. The van der Waals surface area contributed by atoms with Gasteiger partial charge in [0.25, 0.3) is 0 Å². The summed E-state index contributed by atoms with van der Waals surface area (Å²) in [5.41, 5.74) is 0.857. The van der Waals surface area contributed by atoms with Crippen LogP contribution in [0.1, 0.15) is 5.56 Å². The monoisotopic (exact) mass is 342 g/mol. The van der Waals surface area contributed by atoms with Gasteiger partial charge in [-0.25, -0.2) is 13.6 Å². The molecule has 0 aliphatic heterocycles. The third kappa shape index (κ3) is 2.94. The van der Waals surface area contributed by atoms with Gasteiger partial charge in [-0.2, -0.15) is 0 Å². The number of nitrogens with zero attached hydrogens (tertiary/aromatic N) is 1. The highest BCUT2D eigenvalue weighted by Gasteiger charge is 2.13. The molecule has 0 saturated carbocycles. The third-order valence-corrected chi connectivity index (χ3v) is 4.52. The number of primary sulfonamides is 1. The molecule has 0 unspecified atom stereocenters. The van der Waals surface area contributed by atoms with Gasteiger partial charge in [0.1, 0.15) is 0 Å². The first-order valence-corrected chi connectivity index (χ1v) is 8.52. The highest BCUT2D eigenvalue weighted by molar-refractivity contribution is 7.89. The summed E-state index contributed by atoms with van der Waals surface area (Å²) in [6.07, 6.45) is 1.40. The second-order valence-corrected chi connectivity index (χ2v) is 6.68. The maximum absolute atomic E-state index is 11.7. The van der Waals surface area contributed by atoms with Gasteiger partial charge < -0.3 is 10.2 Å². The number of phenols is 2. The number of hydrogen-bond donors (Lipinski definition) is 3. The van der Waals surface area contributed by atoms with Crippen LogP contribution >= 0.6 is 0 Å². The first-order chi connectivity index (χ1) is 11.4. The number of nitrogens with two attached hydrogens (primary N) is 1. The van der Waals surface area contributed by atoms with E-state index >= 15 is 0 Å². The summed E-state index contributed by atoms with van der Waals surface area (Å²) in [5, 5.41) is 25.6. The topological polar surface area (TPSA) is 113 Å². The first-order valence-electron chi connectivity index (χ1n) is 6.97. The van der Waals surface area contributed by atoms with E-state index in [2.05, 4.69) is 4.99 Å². The molecule has 0 heterocycles. The maximum Gasteiger partial charge on any atom is 0.238 e. The standard InChI is InChI=1S/C17H14N2O4S/c18-24(22,23)16-9-3-5-12-13(16)6-2-7-14(12)19-10-11-4-1-8-15(20)17(11)21/h1-10,20-21H,(H2,18,22,23). The Bertz CT molecular complexity index is 1060. The van der Waals surface area contributed by atoms with E-state index in [1.807, 2.05) is 0 Å². The lowest BCUT2D eigenvalue weighted by molar-refractivity contribution is 0.403. The fourth-order valence-corrected chi connectivity index (χ4v) is 3.17. The zero-order chi connectivity index (χ0) is 17.3. The number of sulfonamides is 1. The van der Waals surface area contributed by atoms with Gasteiger partial charge in [0.2, 0.25) is 10.0 Å². The van der Waals surface area contributed by atoms with Gasteiger partial charge in [-0.05, 0) is 24.3 Å². The minimum Gasteiger partial charge on any atom is -0.504 e. The maximum atomic E-state index is 11.7. The number of aliphatic imine (C=N–C) groups is 1. The summed E-state index contributed by atoms with van der Waals surface area (Å²) in [6, 6.07) is 14.3. The number of aromatic hydroxyl groups is 2. The van der Waals surface area contributed by atoms with Crippen LogP contribution in [-0.4, -0.2) is 24.8 Å². The molecule has 3 aromatic rings. The van der Waals surface area contributed by atoms with E-state index in [1.54, 1.807) is 42.5 Å². The zero-order valence-corrected chi connectivity index (χ0v) is 13.2. The normalized spacial score (nSPS) is 12.0. The van der Waals surface area contributed by atoms with Crippen LogP contribution in [0.3, 0.4) is 0 Å². The molecule has 0 aliphatic carbocycles. The van der Waals surface area contributed by atoms with E-state index in [0.29, 0.717) is 22.0 Å². The van der Waals surface area contributed by atoms with E-state index in [9.17, 15) is 18.6 Å². The Morgan fingerprint density at radius 3 is 2.33 bits per heavy atom. The molecule has 0 amide bonds. The molecule has 3 rings (SSSR count). The summed E-state index contributed by atoms with van der Waals surface area (Å²) in [7, 11) is -3.85. The van der Waals surface area contributed by atoms with Crippen LogP contribution in [0.4, 0.5) is 5.69 Å². The number of rotatable bonds is 3. The predicted molar refractivity (Wildman–Crippen MR) is 92.3 cm³/mol. The van der Waals surface area contributed by atoms with Crippen LogP contribution in [0.2, 0.25) is 0 Å². The molecule has 0 fully saturated rings. The molecular formula is C17H14N2O4S. The van der Waals surface area contributed by atoms with Crippen molar-refractivity contribution >= 4 is 32.7 Å². The van der Waals surface area contributed by atoms with Crippen molar-refractivity contribution in [2.75, 3.05) is 0 Å². The average molecular weight is 342 g/mol. The number of benzene rings is 3. The Balaban J connectivity index is 2.14. The van der Waals surface area contributed by atoms with Crippen molar-refractivity contribution in [1.82, 2.24) is 0 Å². The minimum absolute atomic E-state index is 0.0252. The van der Waals surface area contributed by atoms with Gasteiger partial charge in [0.05, 0.1) is 10.6 Å². The van der Waals surface area contributed by atoms with E-state index in [0.717, 1.165) is 0 Å². The van der Waals surface area contributed by atoms with Crippen LogP contribution in [-0.2, 0) is 10.0 Å². The largest absolute Gasteiger partial charge is 0.504 e. The zero-order valence-electron chi connectivity index (χ0n) is 12.4. The molecule has 0 radical (unpaired) electrons. The predicted octanol–water partition coefficient (Wildman–Crippen LogP) is 2.65. The number of para-hydroxylation sites is 1. The van der Waals surface area contributed by atoms with Crippen molar-refractivity contribution in [3.8, 4) is 11.5 Å². The average Bonchev–Trinajstić information content (AvgIpc) is 2.54. The molecule has 0 spiro atoms. The quantitative estimate of drug-likeness (QED) is 0.501. The minimum atomic E-state index is -3.85. The van der Waals surface area contributed by atoms with Crippen LogP contribution < -0.4 is 5.14 Å². The van der Waals surface area contributed by atoms with Crippen molar-refractivity contribution in [2.24, 2.45) is 10.1 Å². The molecule has 7 heteroatoms. The van der Waals surface area contributed by atoms with E-state index in [-0.39, 0.29) is 16.4 Å². The molecule has 0 aliphatic rings. The van der Waals surface area contributed by atoms with Crippen LogP contribution in [0.25, 0.3) is 10.8 Å². The van der Waals surface area contributed by atoms with Crippen molar-refractivity contribution < 1.29 is 18.6 Å². The molecular weight excluding hydrogens is 328 g/mol. The Labute approximate surface area is 138 Å². The highest BCUT2D eigenvalue weighted by atomic mass is 32.2. The van der Waals surface area contributed by atoms with Gasteiger partial charge in [0.15, 0.2) is 11.5 Å². The van der Waals surface area contributed by atoms with Crippen LogP contribution in [0.5, 0.6) is 11.5 Å². The molecule has 24 heavy (non-hydrogen) atoms. The summed E-state index contributed by atoms with van der Waals surface area (Å²) in [6.45, 7) is 0. The highest BCUT2D eigenvalue weighted by Crippen LogP contribution is 2.31. The lowest BCUT2D eigenvalue weighted by atomic mass is 10.1. The lowest BCUT2D eigenvalue weighted by Gasteiger charge is -2.07. The van der Waals surface area contributed by atoms with Crippen molar-refractivity contribution in [2.45, 2.75) is 4.90 Å². The molecule has 3 aromatic carbocycles. The van der Waals surface area contributed by atoms with Crippen LogP contribution in [0, 0.1) is 0 Å². The SMILES string of the molecule is NS(=O)(=O)c1cccc2c(N=Cc3cccc(O)c3O)cccc12. The smallest absolute Gasteiger partial charge is 0.238 e. The first kappa shape index (κ1) is 16.0. The van der Waals surface area contributed by atoms with Crippen LogP contribution in [0.15, 0.2) is 64.5 Å². The van der Waals surface area contributed by atoms with Gasteiger partial charge in [-0.1, -0.05) is 30.3 Å². The summed E-state index contributed by atoms with van der Waals surface area (Å²) in [5.74, 6) is -0.514. The summed E-state index contributed by atoms with van der Waals surface area (Å²) >= 11 is 0. The lowest BCUT2D eigenvalue weighted by Crippen LogP contribution is -2.12. The van der Waals surface area contributed by atoms with Crippen molar-refractivity contribution in [3.05, 3.63) is 60.2 Å². The Morgan fingerprint density at radius 2 is 1.58 bits per heavy atom. The third-order valence-electron chi connectivity index (χ3n) is 3.55. The fourth-order valence-electron chi connectivity index (χ4n) is 2.42. The molecule has 0 bridgehead atoms. The van der Waals surface area contributed by atoms with Gasteiger partial charge in [0, 0.05) is 22.6 Å². The Hall–Kier alpha value is -2.90. The van der Waals surface area contributed by atoms with Gasteiger partial charge >= 0.3 is 0 Å². The van der Waals surface area contributed by atoms with E-state index < -0.39 is 10.0 Å². The molecule has 0 atom stereocenters. The second-order valence-electron chi connectivity index (χ2n) is 5.15. The Morgan fingerprint density at radius 1 is 0.917 bits per heavy atom. The van der Waals surface area contributed by atoms with Crippen molar-refractivity contribution in [3.63, 3.8) is 0 Å². The van der Waals surface area contributed by atoms with E-state index in [4.69, 9.17) is 5.14 Å². The molecule has 0 saturated heterocycles.